The number of aryl methyl sites for hydroxylation is 1. The summed E-state index contributed by atoms with van der Waals surface area (Å²) < 4.78 is 7.61. The van der Waals surface area contributed by atoms with Gasteiger partial charge in [0.15, 0.2) is 5.82 Å². The number of carbonyl (C=O) groups excluding carboxylic acids is 2. The standard InChI is InChI=1S/C23H25N5O3/c1-4-22(29)24-14-18-8-6-5-7-17(18)13-23(30)25-19-9-11-20(12-10-19)31-15-21-27-26-16(2)28(21)3/h4-12H,1,13-15H2,2-3H3,(H,24,29)(H,25,30). The van der Waals surface area contributed by atoms with Gasteiger partial charge in [-0.15, -0.1) is 10.2 Å². The van der Waals surface area contributed by atoms with E-state index in [1.165, 1.54) is 6.08 Å². The average Bonchev–Trinajstić information content (AvgIpc) is 3.10. The molecule has 0 unspecified atom stereocenters. The maximum atomic E-state index is 12.5. The van der Waals surface area contributed by atoms with Crippen LogP contribution >= 0.6 is 0 Å². The summed E-state index contributed by atoms with van der Waals surface area (Å²) in [4.78, 5) is 23.9. The van der Waals surface area contributed by atoms with Crippen molar-refractivity contribution in [2.24, 2.45) is 7.05 Å². The summed E-state index contributed by atoms with van der Waals surface area (Å²) in [5, 5.41) is 13.7. The van der Waals surface area contributed by atoms with Crippen molar-refractivity contribution in [2.75, 3.05) is 5.32 Å². The van der Waals surface area contributed by atoms with E-state index in [9.17, 15) is 9.59 Å². The van der Waals surface area contributed by atoms with E-state index in [1.807, 2.05) is 42.8 Å². The first-order valence-electron chi connectivity index (χ1n) is 9.81. The Hall–Kier alpha value is -3.94. The van der Waals surface area contributed by atoms with Crippen LogP contribution in [0.25, 0.3) is 0 Å². The lowest BCUT2D eigenvalue weighted by atomic mass is 10.0. The highest BCUT2D eigenvalue weighted by molar-refractivity contribution is 5.92. The summed E-state index contributed by atoms with van der Waals surface area (Å²) in [5.41, 5.74) is 2.41. The van der Waals surface area contributed by atoms with Crippen LogP contribution in [0.5, 0.6) is 5.75 Å². The lowest BCUT2D eigenvalue weighted by molar-refractivity contribution is -0.116. The van der Waals surface area contributed by atoms with Crippen LogP contribution in [0, 0.1) is 6.92 Å². The average molecular weight is 419 g/mol. The first kappa shape index (κ1) is 21.8. The fourth-order valence-electron chi connectivity index (χ4n) is 2.89. The number of carbonyl (C=O) groups is 2. The van der Waals surface area contributed by atoms with Crippen LogP contribution in [0.2, 0.25) is 0 Å². The molecule has 8 nitrogen and oxygen atoms in total. The topological polar surface area (TPSA) is 98.1 Å². The van der Waals surface area contributed by atoms with Crippen LogP contribution in [-0.4, -0.2) is 26.6 Å². The Morgan fingerprint density at radius 1 is 1.10 bits per heavy atom. The van der Waals surface area contributed by atoms with Crippen molar-refractivity contribution in [3.8, 4) is 5.75 Å². The molecule has 0 atom stereocenters. The van der Waals surface area contributed by atoms with E-state index < -0.39 is 0 Å². The zero-order valence-corrected chi connectivity index (χ0v) is 17.6. The van der Waals surface area contributed by atoms with Crippen molar-refractivity contribution in [1.29, 1.82) is 0 Å². The van der Waals surface area contributed by atoms with E-state index in [0.29, 0.717) is 24.6 Å². The first-order chi connectivity index (χ1) is 15.0. The highest BCUT2D eigenvalue weighted by Gasteiger charge is 2.10. The molecular formula is C23H25N5O3. The maximum Gasteiger partial charge on any atom is 0.243 e. The Kier molecular flexibility index (Phi) is 7.16. The summed E-state index contributed by atoms with van der Waals surface area (Å²) in [6.07, 6.45) is 1.42. The molecule has 8 heteroatoms. The van der Waals surface area contributed by atoms with Gasteiger partial charge in [0.2, 0.25) is 11.8 Å². The van der Waals surface area contributed by atoms with Gasteiger partial charge in [0.1, 0.15) is 18.2 Å². The summed E-state index contributed by atoms with van der Waals surface area (Å²) in [5.74, 6) is 1.82. The molecule has 2 amide bonds. The number of amides is 2. The molecule has 0 saturated carbocycles. The van der Waals surface area contributed by atoms with E-state index in [1.54, 1.807) is 24.3 Å². The Balaban J connectivity index is 1.54. The normalized spacial score (nSPS) is 10.4. The zero-order valence-electron chi connectivity index (χ0n) is 17.6. The predicted molar refractivity (Wildman–Crippen MR) is 117 cm³/mol. The van der Waals surface area contributed by atoms with Crippen LogP contribution < -0.4 is 15.4 Å². The maximum absolute atomic E-state index is 12.5. The molecule has 0 saturated heterocycles. The summed E-state index contributed by atoms with van der Waals surface area (Å²) in [7, 11) is 1.89. The van der Waals surface area contributed by atoms with Gasteiger partial charge in [0.05, 0.1) is 6.42 Å². The lowest BCUT2D eigenvalue weighted by Gasteiger charge is -2.11. The molecule has 2 N–H and O–H groups in total. The molecule has 31 heavy (non-hydrogen) atoms. The first-order valence-corrected chi connectivity index (χ1v) is 9.81. The Labute approximate surface area is 181 Å². The number of aromatic nitrogens is 3. The van der Waals surface area contributed by atoms with Crippen LogP contribution in [-0.2, 0) is 36.2 Å². The number of hydrogen-bond donors (Lipinski definition) is 2. The van der Waals surface area contributed by atoms with Crippen molar-refractivity contribution in [3.63, 3.8) is 0 Å². The minimum atomic E-state index is -0.254. The molecule has 0 aliphatic heterocycles. The number of benzene rings is 2. The van der Waals surface area contributed by atoms with Gasteiger partial charge < -0.3 is 19.9 Å². The third kappa shape index (κ3) is 6.02. The monoisotopic (exact) mass is 419 g/mol. The number of nitrogens with one attached hydrogen (secondary N) is 2. The molecule has 160 valence electrons. The van der Waals surface area contributed by atoms with Gasteiger partial charge >= 0.3 is 0 Å². The number of ether oxygens (including phenoxy) is 1. The summed E-state index contributed by atoms with van der Waals surface area (Å²) >= 11 is 0. The molecule has 2 aromatic carbocycles. The highest BCUT2D eigenvalue weighted by Crippen LogP contribution is 2.18. The molecule has 0 aliphatic rings. The number of hydrogen-bond acceptors (Lipinski definition) is 5. The van der Waals surface area contributed by atoms with Crippen molar-refractivity contribution in [1.82, 2.24) is 20.1 Å². The van der Waals surface area contributed by atoms with Crippen molar-refractivity contribution >= 4 is 17.5 Å². The van der Waals surface area contributed by atoms with Crippen LogP contribution in [0.3, 0.4) is 0 Å². The minimum absolute atomic E-state index is 0.147. The highest BCUT2D eigenvalue weighted by atomic mass is 16.5. The van der Waals surface area contributed by atoms with Gasteiger partial charge in [-0.05, 0) is 48.4 Å². The Bertz CT molecular complexity index is 1070. The van der Waals surface area contributed by atoms with Gasteiger partial charge in [-0.2, -0.15) is 0 Å². The van der Waals surface area contributed by atoms with Crippen molar-refractivity contribution in [3.05, 3.63) is 84.0 Å². The minimum Gasteiger partial charge on any atom is -0.486 e. The quantitative estimate of drug-likeness (QED) is 0.520. The van der Waals surface area contributed by atoms with Crippen molar-refractivity contribution in [2.45, 2.75) is 26.5 Å². The third-order valence-corrected chi connectivity index (χ3v) is 4.80. The third-order valence-electron chi connectivity index (χ3n) is 4.80. The van der Waals surface area contributed by atoms with Gasteiger partial charge in [-0.3, -0.25) is 9.59 Å². The molecule has 1 aromatic heterocycles. The van der Waals surface area contributed by atoms with Crippen molar-refractivity contribution < 1.29 is 14.3 Å². The molecule has 0 bridgehead atoms. The molecule has 0 spiro atoms. The fraction of sp³-hybridized carbons (Fsp3) is 0.217. The van der Waals surface area contributed by atoms with Crippen LogP contribution in [0.1, 0.15) is 22.8 Å². The SMILES string of the molecule is C=CC(=O)NCc1ccccc1CC(=O)Nc1ccc(OCc2nnc(C)n2C)cc1. The summed E-state index contributed by atoms with van der Waals surface area (Å²) in [6, 6.07) is 14.6. The van der Waals surface area contributed by atoms with Gasteiger partial charge in [0.25, 0.3) is 0 Å². The van der Waals surface area contributed by atoms with Gasteiger partial charge in [-0.25, -0.2) is 0 Å². The molecule has 3 aromatic rings. The summed E-state index contributed by atoms with van der Waals surface area (Å²) in [6.45, 7) is 5.96. The lowest BCUT2D eigenvalue weighted by Crippen LogP contribution is -2.22. The van der Waals surface area contributed by atoms with E-state index in [4.69, 9.17) is 4.74 Å². The molecule has 1 heterocycles. The van der Waals surface area contributed by atoms with E-state index in [-0.39, 0.29) is 18.2 Å². The number of rotatable bonds is 9. The largest absolute Gasteiger partial charge is 0.486 e. The van der Waals surface area contributed by atoms with E-state index >= 15 is 0 Å². The second-order valence-corrected chi connectivity index (χ2v) is 6.95. The second kappa shape index (κ2) is 10.2. The Morgan fingerprint density at radius 2 is 1.81 bits per heavy atom. The fourth-order valence-corrected chi connectivity index (χ4v) is 2.89. The van der Waals surface area contributed by atoms with Crippen LogP contribution in [0.15, 0.2) is 61.2 Å². The smallest absolute Gasteiger partial charge is 0.243 e. The van der Waals surface area contributed by atoms with E-state index in [2.05, 4.69) is 27.4 Å². The van der Waals surface area contributed by atoms with E-state index in [0.717, 1.165) is 22.8 Å². The second-order valence-electron chi connectivity index (χ2n) is 6.95. The Morgan fingerprint density at radius 3 is 2.45 bits per heavy atom. The molecule has 0 aliphatic carbocycles. The molecule has 0 fully saturated rings. The molecule has 3 rings (SSSR count). The predicted octanol–water partition coefficient (Wildman–Crippen LogP) is 2.69. The molecular weight excluding hydrogens is 394 g/mol. The number of nitrogens with zero attached hydrogens (tertiary/aromatic N) is 3. The van der Waals surface area contributed by atoms with Crippen LogP contribution in [0.4, 0.5) is 5.69 Å². The number of anilines is 1. The zero-order chi connectivity index (χ0) is 22.2. The molecule has 0 radical (unpaired) electrons. The van der Waals surface area contributed by atoms with Gasteiger partial charge in [0, 0.05) is 19.3 Å². The van der Waals surface area contributed by atoms with Gasteiger partial charge in [-0.1, -0.05) is 30.8 Å².